The maximum atomic E-state index is 11.8. The lowest BCUT2D eigenvalue weighted by Crippen LogP contribution is -2.42. The van der Waals surface area contributed by atoms with Gasteiger partial charge in [0.05, 0.1) is 5.92 Å². The van der Waals surface area contributed by atoms with Crippen LogP contribution >= 0.6 is 0 Å². The van der Waals surface area contributed by atoms with E-state index in [-0.39, 0.29) is 37.9 Å². The van der Waals surface area contributed by atoms with E-state index in [0.717, 1.165) is 0 Å². The van der Waals surface area contributed by atoms with Crippen molar-refractivity contribution in [3.05, 3.63) is 0 Å². The predicted molar refractivity (Wildman–Crippen MR) is 76.6 cm³/mol. The van der Waals surface area contributed by atoms with Crippen LogP contribution in [0.4, 0.5) is 0 Å². The maximum Gasteiger partial charge on any atom is 0.326 e. The van der Waals surface area contributed by atoms with Gasteiger partial charge in [0.15, 0.2) is 0 Å². The van der Waals surface area contributed by atoms with E-state index in [9.17, 15) is 24.0 Å². The molecule has 9 nitrogen and oxygen atoms in total. The maximum absolute atomic E-state index is 11.8. The highest BCUT2D eigenvalue weighted by Gasteiger charge is 2.24. The number of carboxylic acids is 2. The van der Waals surface area contributed by atoms with Gasteiger partial charge in [-0.15, -0.1) is 0 Å². The number of aliphatic carboxylic acids is 2. The average molecular weight is 331 g/mol. The first-order chi connectivity index (χ1) is 10.7. The number of nitrogens with one attached hydrogen (secondary N) is 1. The Morgan fingerprint density at radius 2 is 1.57 bits per heavy atom. The fourth-order valence-corrected chi connectivity index (χ4v) is 1.87. The van der Waals surface area contributed by atoms with Gasteiger partial charge in [-0.3, -0.25) is 14.4 Å². The molecule has 0 saturated heterocycles. The quantitative estimate of drug-likeness (QED) is 0.367. The fraction of sp³-hybridized carbons (Fsp3) is 0.643. The van der Waals surface area contributed by atoms with E-state index in [1.54, 1.807) is 0 Å². The van der Waals surface area contributed by atoms with Gasteiger partial charge in [0, 0.05) is 19.3 Å². The van der Waals surface area contributed by atoms with Gasteiger partial charge in [-0.05, 0) is 19.8 Å². The van der Waals surface area contributed by atoms with Gasteiger partial charge < -0.3 is 25.4 Å². The number of ketones is 2. The van der Waals surface area contributed by atoms with Crippen molar-refractivity contribution in [2.75, 3.05) is 6.61 Å². The summed E-state index contributed by atoms with van der Waals surface area (Å²) in [6, 6.07) is -1.33. The Morgan fingerprint density at radius 3 is 2.00 bits per heavy atom. The van der Waals surface area contributed by atoms with Crippen molar-refractivity contribution in [2.45, 2.75) is 45.1 Å². The second-order valence-electron chi connectivity index (χ2n) is 5.17. The molecule has 23 heavy (non-hydrogen) atoms. The number of aliphatic hydroxyl groups excluding tert-OH is 1. The third kappa shape index (κ3) is 9.35. The number of carbonyl (C=O) groups is 5. The highest BCUT2D eigenvalue weighted by molar-refractivity contribution is 5.86. The van der Waals surface area contributed by atoms with Gasteiger partial charge in [-0.2, -0.15) is 0 Å². The number of hydrogen-bond donors (Lipinski definition) is 4. The number of Topliss-reactive ketones (excluding diaryl/α,β-unsaturated/α-hetero) is 2. The highest BCUT2D eigenvalue weighted by atomic mass is 16.4. The van der Waals surface area contributed by atoms with Crippen LogP contribution in [0.2, 0.25) is 0 Å². The summed E-state index contributed by atoms with van der Waals surface area (Å²) in [4.78, 5) is 55.6. The van der Waals surface area contributed by atoms with E-state index < -0.39 is 42.2 Å². The van der Waals surface area contributed by atoms with Crippen LogP contribution in [0.3, 0.4) is 0 Å². The van der Waals surface area contributed by atoms with Crippen LogP contribution in [0, 0.1) is 5.92 Å². The van der Waals surface area contributed by atoms with Crippen molar-refractivity contribution < 1.29 is 39.3 Å². The monoisotopic (exact) mass is 331 g/mol. The molecule has 2 atom stereocenters. The van der Waals surface area contributed by atoms with Crippen LogP contribution in [0.1, 0.15) is 39.0 Å². The van der Waals surface area contributed by atoms with E-state index in [1.165, 1.54) is 6.92 Å². The molecule has 0 spiro atoms. The molecule has 1 amide bonds. The Morgan fingerprint density at radius 1 is 0.957 bits per heavy atom. The van der Waals surface area contributed by atoms with Crippen LogP contribution in [0.25, 0.3) is 0 Å². The zero-order valence-electron chi connectivity index (χ0n) is 12.8. The highest BCUT2D eigenvalue weighted by Crippen LogP contribution is 2.15. The summed E-state index contributed by atoms with van der Waals surface area (Å²) in [5.74, 6) is -5.07. The average Bonchev–Trinajstić information content (AvgIpc) is 2.46. The van der Waals surface area contributed by atoms with E-state index in [4.69, 9.17) is 15.3 Å². The zero-order chi connectivity index (χ0) is 18.0. The lowest BCUT2D eigenvalue weighted by atomic mass is 9.94. The standard InChI is InChI=1S/C14H21NO8/c1-8(17)2-3-9(13(20)21)6-10(18)4-5-11(14(22)23)15-12(19)7-16/h9,11,16H,2-7H2,1H3,(H,15,19)(H,20,21)(H,22,23)/t9-,11+/m1/s1. The summed E-state index contributed by atoms with van der Waals surface area (Å²) < 4.78 is 0. The largest absolute Gasteiger partial charge is 0.481 e. The number of amides is 1. The van der Waals surface area contributed by atoms with Crippen molar-refractivity contribution in [2.24, 2.45) is 5.92 Å². The summed E-state index contributed by atoms with van der Waals surface area (Å²) in [6.07, 6.45) is -0.650. The molecular formula is C14H21NO8. The van der Waals surface area contributed by atoms with Crippen molar-refractivity contribution in [3.8, 4) is 0 Å². The molecule has 0 aromatic heterocycles. The van der Waals surface area contributed by atoms with Gasteiger partial charge in [0.1, 0.15) is 24.2 Å². The second kappa shape index (κ2) is 10.4. The van der Waals surface area contributed by atoms with E-state index in [1.807, 2.05) is 5.32 Å². The summed E-state index contributed by atoms with van der Waals surface area (Å²) in [7, 11) is 0. The van der Waals surface area contributed by atoms with Crippen LogP contribution in [0.5, 0.6) is 0 Å². The van der Waals surface area contributed by atoms with Crippen LogP contribution < -0.4 is 5.32 Å². The SMILES string of the molecule is CC(=O)CC[C@H](CC(=O)CC[C@H](NC(=O)CO)C(=O)O)C(=O)O. The minimum absolute atomic E-state index is 0.0417. The Balaban J connectivity index is 4.48. The molecule has 0 radical (unpaired) electrons. The molecular weight excluding hydrogens is 310 g/mol. The minimum atomic E-state index is -1.36. The normalized spacial score (nSPS) is 13.0. The second-order valence-corrected chi connectivity index (χ2v) is 5.17. The van der Waals surface area contributed by atoms with Gasteiger partial charge in [0.2, 0.25) is 5.91 Å². The smallest absolute Gasteiger partial charge is 0.326 e. The number of carboxylic acid groups (broad SMARTS) is 2. The van der Waals surface area contributed by atoms with Crippen molar-refractivity contribution in [1.29, 1.82) is 0 Å². The number of carbonyl (C=O) groups excluding carboxylic acids is 3. The van der Waals surface area contributed by atoms with E-state index >= 15 is 0 Å². The Kier molecular flexibility index (Phi) is 9.40. The first-order valence-electron chi connectivity index (χ1n) is 7.04. The van der Waals surface area contributed by atoms with Crippen molar-refractivity contribution >= 4 is 29.4 Å². The lowest BCUT2D eigenvalue weighted by Gasteiger charge is -2.14. The molecule has 0 aromatic rings. The fourth-order valence-electron chi connectivity index (χ4n) is 1.87. The van der Waals surface area contributed by atoms with Crippen molar-refractivity contribution in [1.82, 2.24) is 5.32 Å². The van der Waals surface area contributed by atoms with Gasteiger partial charge in [-0.1, -0.05) is 0 Å². The Hall–Kier alpha value is -2.29. The number of aliphatic hydroxyl groups is 1. The summed E-state index contributed by atoms with van der Waals surface area (Å²) in [5, 5.41) is 28.5. The molecule has 130 valence electrons. The topological polar surface area (TPSA) is 158 Å². The van der Waals surface area contributed by atoms with Crippen LogP contribution in [-0.2, 0) is 24.0 Å². The van der Waals surface area contributed by atoms with E-state index in [0.29, 0.717) is 0 Å². The minimum Gasteiger partial charge on any atom is -0.481 e. The summed E-state index contributed by atoms with van der Waals surface area (Å²) >= 11 is 0. The Labute approximate surface area is 132 Å². The molecule has 0 aromatic carbocycles. The summed E-state index contributed by atoms with van der Waals surface area (Å²) in [5.41, 5.74) is 0. The first kappa shape index (κ1) is 20.7. The summed E-state index contributed by atoms with van der Waals surface area (Å²) in [6.45, 7) is 0.450. The molecule has 9 heteroatoms. The zero-order valence-corrected chi connectivity index (χ0v) is 12.8. The molecule has 0 unspecified atom stereocenters. The van der Waals surface area contributed by atoms with Gasteiger partial charge >= 0.3 is 11.9 Å². The third-order valence-electron chi connectivity index (χ3n) is 3.16. The molecule has 0 fully saturated rings. The van der Waals surface area contributed by atoms with Crippen LogP contribution in [-0.4, -0.2) is 57.4 Å². The molecule has 0 saturated carbocycles. The molecule has 0 rings (SSSR count). The molecule has 0 heterocycles. The molecule has 0 aliphatic rings. The first-order valence-corrected chi connectivity index (χ1v) is 7.04. The Bertz CT molecular complexity index is 473. The molecule has 0 aliphatic heterocycles. The lowest BCUT2D eigenvalue weighted by molar-refractivity contribution is -0.145. The third-order valence-corrected chi connectivity index (χ3v) is 3.16. The van der Waals surface area contributed by atoms with Gasteiger partial charge in [0.25, 0.3) is 0 Å². The van der Waals surface area contributed by atoms with E-state index in [2.05, 4.69) is 0 Å². The predicted octanol–water partition coefficient (Wildman–Crippen LogP) is -0.642. The molecule has 0 aliphatic carbocycles. The number of hydrogen-bond acceptors (Lipinski definition) is 6. The van der Waals surface area contributed by atoms with Crippen LogP contribution in [0.15, 0.2) is 0 Å². The number of rotatable bonds is 12. The molecule has 4 N–H and O–H groups in total. The van der Waals surface area contributed by atoms with Crippen molar-refractivity contribution in [3.63, 3.8) is 0 Å². The molecule has 0 bridgehead atoms. The van der Waals surface area contributed by atoms with Gasteiger partial charge in [-0.25, -0.2) is 4.79 Å².